The summed E-state index contributed by atoms with van der Waals surface area (Å²) in [5.41, 5.74) is 2.06. The number of ether oxygens (including phenoxy) is 1. The summed E-state index contributed by atoms with van der Waals surface area (Å²) in [5, 5.41) is 3.01. The number of anilines is 1. The predicted molar refractivity (Wildman–Crippen MR) is 98.7 cm³/mol. The summed E-state index contributed by atoms with van der Waals surface area (Å²) in [4.78, 5) is 17.1. The molecular formula is C20H27N3O2. The fraction of sp³-hybridized carbons (Fsp3) is 0.600. The molecule has 5 nitrogen and oxygen atoms in total. The number of fused-ring (bicyclic) bond motifs is 1. The second-order valence-corrected chi connectivity index (χ2v) is 7.35. The molecule has 0 bridgehead atoms. The van der Waals surface area contributed by atoms with Crippen LogP contribution in [0.15, 0.2) is 24.3 Å². The van der Waals surface area contributed by atoms with Gasteiger partial charge in [0.15, 0.2) is 0 Å². The second kappa shape index (κ2) is 7.56. The zero-order valence-electron chi connectivity index (χ0n) is 14.7. The van der Waals surface area contributed by atoms with Crippen LogP contribution in [0.1, 0.15) is 63.8 Å². The van der Waals surface area contributed by atoms with Crippen LogP contribution in [0.2, 0.25) is 0 Å². The Morgan fingerprint density at radius 2 is 1.80 bits per heavy atom. The molecule has 1 aromatic heterocycles. The Bertz CT molecular complexity index is 728. The van der Waals surface area contributed by atoms with E-state index in [0.29, 0.717) is 12.0 Å². The molecule has 134 valence electrons. The largest absolute Gasteiger partial charge is 0.368 e. The molecule has 0 atom stereocenters. The molecule has 0 saturated heterocycles. The highest BCUT2D eigenvalue weighted by Gasteiger charge is 2.23. The average molecular weight is 341 g/mol. The monoisotopic (exact) mass is 341 g/mol. The Morgan fingerprint density at radius 1 is 1.08 bits per heavy atom. The van der Waals surface area contributed by atoms with E-state index in [1.165, 1.54) is 32.1 Å². The molecular weight excluding hydrogens is 314 g/mol. The van der Waals surface area contributed by atoms with Gasteiger partial charge < -0.3 is 9.30 Å². The van der Waals surface area contributed by atoms with Crippen LogP contribution in [0.25, 0.3) is 11.0 Å². The lowest BCUT2D eigenvalue weighted by Gasteiger charge is -2.25. The highest BCUT2D eigenvalue weighted by atomic mass is 16.5. The molecule has 0 spiro atoms. The summed E-state index contributed by atoms with van der Waals surface area (Å²) < 4.78 is 7.99. The SMILES string of the molecule is O=C(COC1CCCC1)Nc1nc2ccccc2n1C1CCCCC1. The lowest BCUT2D eigenvalue weighted by Crippen LogP contribution is -2.25. The van der Waals surface area contributed by atoms with Crippen LogP contribution in [0.3, 0.4) is 0 Å². The number of carbonyl (C=O) groups is 1. The van der Waals surface area contributed by atoms with Gasteiger partial charge in [0.1, 0.15) is 6.61 Å². The number of amides is 1. The van der Waals surface area contributed by atoms with Gasteiger partial charge in [-0.2, -0.15) is 0 Å². The summed E-state index contributed by atoms with van der Waals surface area (Å²) in [6.07, 6.45) is 10.9. The van der Waals surface area contributed by atoms with Gasteiger partial charge in [-0.25, -0.2) is 4.98 Å². The van der Waals surface area contributed by atoms with Gasteiger partial charge in [0.05, 0.1) is 17.1 Å². The maximum absolute atomic E-state index is 12.4. The lowest BCUT2D eigenvalue weighted by atomic mass is 9.95. The first kappa shape index (κ1) is 16.6. The first-order chi connectivity index (χ1) is 12.3. The highest BCUT2D eigenvalue weighted by Crippen LogP contribution is 2.34. The van der Waals surface area contributed by atoms with Gasteiger partial charge in [-0.1, -0.05) is 44.2 Å². The fourth-order valence-corrected chi connectivity index (χ4v) is 4.25. The van der Waals surface area contributed by atoms with Crippen molar-refractivity contribution in [2.75, 3.05) is 11.9 Å². The van der Waals surface area contributed by atoms with Crippen molar-refractivity contribution >= 4 is 22.9 Å². The Labute approximate surface area is 148 Å². The van der Waals surface area contributed by atoms with Crippen molar-refractivity contribution in [1.29, 1.82) is 0 Å². The molecule has 1 heterocycles. The van der Waals surface area contributed by atoms with Gasteiger partial charge >= 0.3 is 0 Å². The van der Waals surface area contributed by atoms with Gasteiger partial charge in [-0.3, -0.25) is 10.1 Å². The van der Waals surface area contributed by atoms with Crippen LogP contribution in [0.4, 0.5) is 5.95 Å². The van der Waals surface area contributed by atoms with E-state index in [-0.39, 0.29) is 18.6 Å². The summed E-state index contributed by atoms with van der Waals surface area (Å²) in [6, 6.07) is 8.57. The summed E-state index contributed by atoms with van der Waals surface area (Å²) in [6.45, 7) is 0.124. The maximum Gasteiger partial charge on any atom is 0.252 e. The maximum atomic E-state index is 12.4. The van der Waals surface area contributed by atoms with Crippen LogP contribution in [-0.4, -0.2) is 28.2 Å². The Balaban J connectivity index is 1.52. The van der Waals surface area contributed by atoms with Crippen LogP contribution in [-0.2, 0) is 9.53 Å². The van der Waals surface area contributed by atoms with Crippen molar-refractivity contribution in [2.24, 2.45) is 0 Å². The molecule has 2 aliphatic carbocycles. The van der Waals surface area contributed by atoms with E-state index >= 15 is 0 Å². The van der Waals surface area contributed by atoms with E-state index in [4.69, 9.17) is 4.74 Å². The number of para-hydroxylation sites is 2. The Hall–Kier alpha value is -1.88. The van der Waals surface area contributed by atoms with Gasteiger partial charge in [0, 0.05) is 6.04 Å². The van der Waals surface area contributed by atoms with Gasteiger partial charge in [-0.05, 0) is 37.8 Å². The van der Waals surface area contributed by atoms with E-state index < -0.39 is 0 Å². The molecule has 5 heteroatoms. The summed E-state index contributed by atoms with van der Waals surface area (Å²) in [7, 11) is 0. The first-order valence-corrected chi connectivity index (χ1v) is 9.70. The van der Waals surface area contributed by atoms with Crippen molar-refractivity contribution in [3.05, 3.63) is 24.3 Å². The third kappa shape index (κ3) is 3.71. The van der Waals surface area contributed by atoms with E-state index in [1.54, 1.807) is 0 Å². The molecule has 25 heavy (non-hydrogen) atoms. The number of nitrogens with one attached hydrogen (secondary N) is 1. The van der Waals surface area contributed by atoms with Crippen molar-refractivity contribution in [3.63, 3.8) is 0 Å². The fourth-order valence-electron chi connectivity index (χ4n) is 4.25. The number of imidazole rings is 1. The first-order valence-electron chi connectivity index (χ1n) is 9.70. The zero-order chi connectivity index (χ0) is 17.1. The van der Waals surface area contributed by atoms with Gasteiger partial charge in [0.25, 0.3) is 5.91 Å². The molecule has 2 saturated carbocycles. The van der Waals surface area contributed by atoms with Crippen molar-refractivity contribution in [3.8, 4) is 0 Å². The second-order valence-electron chi connectivity index (χ2n) is 7.35. The highest BCUT2D eigenvalue weighted by molar-refractivity contribution is 5.92. The van der Waals surface area contributed by atoms with Crippen LogP contribution in [0, 0.1) is 0 Å². The number of carbonyl (C=O) groups excluding carboxylic acids is 1. The third-order valence-electron chi connectivity index (χ3n) is 5.54. The molecule has 1 amide bonds. The minimum atomic E-state index is -0.0979. The van der Waals surface area contributed by atoms with E-state index in [9.17, 15) is 4.79 Å². The quantitative estimate of drug-likeness (QED) is 0.875. The average Bonchev–Trinajstić information content (AvgIpc) is 3.28. The van der Waals surface area contributed by atoms with Gasteiger partial charge in [-0.15, -0.1) is 0 Å². The third-order valence-corrected chi connectivity index (χ3v) is 5.54. The molecule has 2 aromatic rings. The summed E-state index contributed by atoms with van der Waals surface area (Å²) >= 11 is 0. The molecule has 0 aliphatic heterocycles. The zero-order valence-corrected chi connectivity index (χ0v) is 14.7. The Kier molecular flexibility index (Phi) is 5.02. The molecule has 2 aliphatic rings. The number of aromatic nitrogens is 2. The van der Waals surface area contributed by atoms with E-state index in [1.807, 2.05) is 18.2 Å². The van der Waals surface area contributed by atoms with E-state index in [0.717, 1.165) is 36.7 Å². The number of hydrogen-bond acceptors (Lipinski definition) is 3. The molecule has 2 fully saturated rings. The van der Waals surface area contributed by atoms with Crippen LogP contribution in [0.5, 0.6) is 0 Å². The van der Waals surface area contributed by atoms with Crippen molar-refractivity contribution < 1.29 is 9.53 Å². The standard InChI is InChI=1S/C20H27N3O2/c24-19(14-25-16-10-4-5-11-16)22-20-21-17-12-6-7-13-18(17)23(20)15-8-2-1-3-9-15/h6-7,12-13,15-16H,1-5,8-11,14H2,(H,21,22,24). The molecule has 4 rings (SSSR count). The number of hydrogen-bond donors (Lipinski definition) is 1. The minimum absolute atomic E-state index is 0.0979. The van der Waals surface area contributed by atoms with Crippen LogP contribution < -0.4 is 5.32 Å². The minimum Gasteiger partial charge on any atom is -0.368 e. The predicted octanol–water partition coefficient (Wildman–Crippen LogP) is 4.44. The topological polar surface area (TPSA) is 56.1 Å². The summed E-state index contributed by atoms with van der Waals surface area (Å²) in [5.74, 6) is 0.576. The number of nitrogens with zero attached hydrogens (tertiary/aromatic N) is 2. The number of benzene rings is 1. The Morgan fingerprint density at radius 3 is 2.60 bits per heavy atom. The molecule has 1 aromatic carbocycles. The van der Waals surface area contributed by atoms with Gasteiger partial charge in [0.2, 0.25) is 5.95 Å². The molecule has 1 N–H and O–H groups in total. The number of rotatable bonds is 5. The molecule has 0 radical (unpaired) electrons. The molecule has 0 unspecified atom stereocenters. The van der Waals surface area contributed by atoms with Crippen LogP contribution >= 0.6 is 0 Å². The normalized spacial score (nSPS) is 19.5. The lowest BCUT2D eigenvalue weighted by molar-refractivity contribution is -0.122. The van der Waals surface area contributed by atoms with Crippen molar-refractivity contribution in [1.82, 2.24) is 9.55 Å². The van der Waals surface area contributed by atoms with Crippen molar-refractivity contribution in [2.45, 2.75) is 69.9 Å². The smallest absolute Gasteiger partial charge is 0.252 e. The van der Waals surface area contributed by atoms with E-state index in [2.05, 4.69) is 20.9 Å².